The summed E-state index contributed by atoms with van der Waals surface area (Å²) in [6.45, 7) is 1.66. The van der Waals surface area contributed by atoms with Gasteiger partial charge < -0.3 is 5.73 Å². The molecule has 0 radical (unpaired) electrons. The van der Waals surface area contributed by atoms with Gasteiger partial charge in [-0.2, -0.15) is 5.26 Å². The molecular formula is C11H12ClN3O. The first-order valence-corrected chi connectivity index (χ1v) is 5.06. The van der Waals surface area contributed by atoms with Gasteiger partial charge in [0.25, 0.3) is 0 Å². The smallest absolute Gasteiger partial charge is 0.242 e. The van der Waals surface area contributed by atoms with Crippen molar-refractivity contribution in [3.63, 3.8) is 0 Å². The van der Waals surface area contributed by atoms with Gasteiger partial charge in [-0.15, -0.1) is 0 Å². The van der Waals surface area contributed by atoms with Gasteiger partial charge in [0.1, 0.15) is 5.54 Å². The van der Waals surface area contributed by atoms with Crippen molar-refractivity contribution in [1.29, 1.82) is 5.26 Å². The van der Waals surface area contributed by atoms with Crippen LogP contribution in [0.3, 0.4) is 0 Å². The second kappa shape index (κ2) is 4.97. The van der Waals surface area contributed by atoms with E-state index in [2.05, 4.69) is 5.32 Å². The van der Waals surface area contributed by atoms with Gasteiger partial charge in [-0.1, -0.05) is 23.7 Å². The molecule has 1 aromatic carbocycles. The molecule has 0 fully saturated rings. The Bertz CT molecular complexity index is 441. The van der Waals surface area contributed by atoms with Crippen molar-refractivity contribution in [1.82, 2.24) is 5.32 Å². The first-order chi connectivity index (χ1) is 7.50. The lowest BCUT2D eigenvalue weighted by Crippen LogP contribution is -2.50. The minimum atomic E-state index is -1.08. The lowest BCUT2D eigenvalue weighted by Gasteiger charge is -2.27. The highest BCUT2D eigenvalue weighted by molar-refractivity contribution is 6.30. The molecule has 0 aliphatic carbocycles. The van der Waals surface area contributed by atoms with Crippen LogP contribution in [0.2, 0.25) is 5.02 Å². The molecule has 0 heterocycles. The Kier molecular flexibility index (Phi) is 3.88. The number of benzene rings is 1. The standard InChI is InChI=1S/C11H12ClN3O/c1-11(10(14)16,15-6-5-13)8-3-2-4-9(12)7-8/h2-4,7,15H,6H2,1H3,(H2,14,16)/t11-/m0/s1. The van der Waals surface area contributed by atoms with Gasteiger partial charge in [-0.05, 0) is 24.6 Å². The van der Waals surface area contributed by atoms with E-state index in [1.807, 2.05) is 6.07 Å². The summed E-state index contributed by atoms with van der Waals surface area (Å²) in [7, 11) is 0. The minimum Gasteiger partial charge on any atom is -0.368 e. The summed E-state index contributed by atoms with van der Waals surface area (Å²) in [5.74, 6) is -0.551. The SMILES string of the molecule is C[C@@](NCC#N)(C(N)=O)c1cccc(Cl)c1. The van der Waals surface area contributed by atoms with Crippen LogP contribution in [0.4, 0.5) is 0 Å². The zero-order chi connectivity index (χ0) is 12.2. The van der Waals surface area contributed by atoms with Gasteiger partial charge in [0.2, 0.25) is 5.91 Å². The van der Waals surface area contributed by atoms with Crippen molar-refractivity contribution in [2.45, 2.75) is 12.5 Å². The Morgan fingerprint density at radius 2 is 2.38 bits per heavy atom. The van der Waals surface area contributed by atoms with Gasteiger partial charge in [-0.3, -0.25) is 10.1 Å². The zero-order valence-electron chi connectivity index (χ0n) is 8.83. The molecule has 0 bridgehead atoms. The molecule has 1 atom stereocenters. The molecule has 16 heavy (non-hydrogen) atoms. The average molecular weight is 238 g/mol. The highest BCUT2D eigenvalue weighted by Crippen LogP contribution is 2.23. The van der Waals surface area contributed by atoms with E-state index in [-0.39, 0.29) is 6.54 Å². The Labute approximate surface area is 99.0 Å². The van der Waals surface area contributed by atoms with Crippen LogP contribution in [-0.4, -0.2) is 12.5 Å². The number of nitrogens with zero attached hydrogens (tertiary/aromatic N) is 1. The number of nitrogens with two attached hydrogens (primary N) is 1. The quantitative estimate of drug-likeness (QED) is 0.771. The van der Waals surface area contributed by atoms with E-state index in [0.29, 0.717) is 10.6 Å². The number of carbonyl (C=O) groups is 1. The van der Waals surface area contributed by atoms with Crippen LogP contribution in [-0.2, 0) is 10.3 Å². The summed E-state index contributed by atoms with van der Waals surface area (Å²) >= 11 is 5.84. The highest BCUT2D eigenvalue weighted by atomic mass is 35.5. The van der Waals surface area contributed by atoms with Crippen molar-refractivity contribution in [3.05, 3.63) is 34.9 Å². The maximum Gasteiger partial charge on any atom is 0.242 e. The fraction of sp³-hybridized carbons (Fsp3) is 0.273. The van der Waals surface area contributed by atoms with Crippen LogP contribution < -0.4 is 11.1 Å². The second-order valence-electron chi connectivity index (χ2n) is 3.51. The molecule has 0 spiro atoms. The predicted octanol–water partition coefficient (Wildman–Crippen LogP) is 1.15. The van der Waals surface area contributed by atoms with Crippen LogP contribution in [0.5, 0.6) is 0 Å². The molecule has 3 N–H and O–H groups in total. The van der Waals surface area contributed by atoms with Crippen molar-refractivity contribution in [3.8, 4) is 6.07 Å². The van der Waals surface area contributed by atoms with Crippen LogP contribution >= 0.6 is 11.6 Å². The van der Waals surface area contributed by atoms with Gasteiger partial charge >= 0.3 is 0 Å². The molecule has 0 aliphatic rings. The number of amides is 1. The number of hydrogen-bond donors (Lipinski definition) is 2. The van der Waals surface area contributed by atoms with E-state index in [0.717, 1.165) is 0 Å². The van der Waals surface area contributed by atoms with Gasteiger partial charge in [-0.25, -0.2) is 0 Å². The number of primary amides is 1. The van der Waals surface area contributed by atoms with E-state index in [1.54, 1.807) is 31.2 Å². The fourth-order valence-corrected chi connectivity index (χ4v) is 1.54. The third-order valence-corrected chi connectivity index (χ3v) is 2.65. The fourth-order valence-electron chi connectivity index (χ4n) is 1.35. The van der Waals surface area contributed by atoms with Gasteiger partial charge in [0.15, 0.2) is 0 Å². The lowest BCUT2D eigenvalue weighted by molar-refractivity contribution is -0.124. The summed E-state index contributed by atoms with van der Waals surface area (Å²) in [5.41, 5.74) is 4.90. The normalized spacial score (nSPS) is 13.8. The van der Waals surface area contributed by atoms with Gasteiger partial charge in [0, 0.05) is 5.02 Å². The Balaban J connectivity index is 3.12. The number of rotatable bonds is 4. The molecule has 5 heteroatoms. The zero-order valence-corrected chi connectivity index (χ0v) is 9.58. The highest BCUT2D eigenvalue weighted by Gasteiger charge is 2.32. The second-order valence-corrected chi connectivity index (χ2v) is 3.95. The Hall–Kier alpha value is -1.57. The number of nitriles is 1. The first-order valence-electron chi connectivity index (χ1n) is 4.68. The topological polar surface area (TPSA) is 78.9 Å². The molecule has 84 valence electrons. The van der Waals surface area contributed by atoms with Crippen LogP contribution in [0, 0.1) is 11.3 Å². The molecule has 0 saturated heterocycles. The Morgan fingerprint density at radius 3 is 2.88 bits per heavy atom. The van der Waals surface area contributed by atoms with Crippen molar-refractivity contribution < 1.29 is 4.79 Å². The van der Waals surface area contributed by atoms with Crippen molar-refractivity contribution in [2.75, 3.05) is 6.54 Å². The van der Waals surface area contributed by atoms with Crippen LogP contribution in [0.1, 0.15) is 12.5 Å². The molecule has 0 aliphatic heterocycles. The van der Waals surface area contributed by atoms with Crippen molar-refractivity contribution >= 4 is 17.5 Å². The number of halogens is 1. The van der Waals surface area contributed by atoms with Gasteiger partial charge in [0.05, 0.1) is 12.6 Å². The summed E-state index contributed by atoms with van der Waals surface area (Å²) in [6, 6.07) is 8.73. The van der Waals surface area contributed by atoms with E-state index >= 15 is 0 Å². The molecule has 0 saturated carbocycles. The molecule has 4 nitrogen and oxygen atoms in total. The third kappa shape index (κ3) is 2.51. The molecule has 0 aromatic heterocycles. The maximum atomic E-state index is 11.4. The van der Waals surface area contributed by atoms with E-state index < -0.39 is 11.4 Å². The maximum absolute atomic E-state index is 11.4. The number of carbonyl (C=O) groups excluding carboxylic acids is 1. The predicted molar refractivity (Wildman–Crippen MR) is 61.6 cm³/mol. The lowest BCUT2D eigenvalue weighted by atomic mass is 9.91. The van der Waals surface area contributed by atoms with Crippen LogP contribution in [0.25, 0.3) is 0 Å². The van der Waals surface area contributed by atoms with Crippen LogP contribution in [0.15, 0.2) is 24.3 Å². The number of nitrogens with one attached hydrogen (secondary N) is 1. The molecule has 0 unspecified atom stereocenters. The van der Waals surface area contributed by atoms with E-state index in [4.69, 9.17) is 22.6 Å². The van der Waals surface area contributed by atoms with E-state index in [1.165, 1.54) is 0 Å². The molecular weight excluding hydrogens is 226 g/mol. The minimum absolute atomic E-state index is 0.0337. The molecule has 1 rings (SSSR count). The Morgan fingerprint density at radius 1 is 1.69 bits per heavy atom. The average Bonchev–Trinajstić information content (AvgIpc) is 2.25. The number of hydrogen-bond acceptors (Lipinski definition) is 3. The molecule has 1 amide bonds. The largest absolute Gasteiger partial charge is 0.368 e. The third-order valence-electron chi connectivity index (χ3n) is 2.42. The molecule has 1 aromatic rings. The first kappa shape index (κ1) is 12.5. The summed E-state index contributed by atoms with van der Waals surface area (Å²) in [5, 5.41) is 11.8. The monoisotopic (exact) mass is 237 g/mol. The summed E-state index contributed by atoms with van der Waals surface area (Å²) < 4.78 is 0. The summed E-state index contributed by atoms with van der Waals surface area (Å²) in [4.78, 5) is 11.4. The van der Waals surface area contributed by atoms with Crippen molar-refractivity contribution in [2.24, 2.45) is 5.73 Å². The summed E-state index contributed by atoms with van der Waals surface area (Å²) in [6.07, 6.45) is 0. The van der Waals surface area contributed by atoms with E-state index in [9.17, 15) is 4.79 Å².